The molecule has 0 fully saturated rings. The van der Waals surface area contributed by atoms with E-state index in [-0.39, 0.29) is 5.75 Å². The molecule has 3 aromatic rings. The van der Waals surface area contributed by atoms with Gasteiger partial charge in [0.1, 0.15) is 18.1 Å². The van der Waals surface area contributed by atoms with Crippen molar-refractivity contribution in [2.45, 2.75) is 22.9 Å². The summed E-state index contributed by atoms with van der Waals surface area (Å²) in [6.07, 6.45) is 0. The average Bonchev–Trinajstić information content (AvgIpc) is 2.66. The molecule has 3 aromatic carbocycles. The molecule has 1 N–H and O–H groups in total. The fraction of sp³-hybridized carbons (Fsp3) is 0.182. The van der Waals surface area contributed by atoms with E-state index in [2.05, 4.69) is 49.3 Å². The highest BCUT2D eigenvalue weighted by molar-refractivity contribution is 8.76. The highest BCUT2D eigenvalue weighted by Crippen LogP contribution is 2.39. The van der Waals surface area contributed by atoms with Crippen molar-refractivity contribution in [1.29, 1.82) is 0 Å². The number of nitrogens with zero attached hydrogens (tertiary/aromatic N) is 1. The van der Waals surface area contributed by atoms with Crippen molar-refractivity contribution in [1.82, 2.24) is 4.90 Å². The van der Waals surface area contributed by atoms with E-state index in [9.17, 15) is 5.11 Å². The predicted octanol–water partition coefficient (Wildman–Crippen LogP) is 5.83. The minimum Gasteiger partial charge on any atom is -0.508 e. The van der Waals surface area contributed by atoms with Crippen LogP contribution in [0.4, 0.5) is 0 Å². The zero-order chi connectivity index (χ0) is 19.1. The maximum Gasteiger partial charge on any atom is 0.120 e. The molecule has 0 spiro atoms. The molecule has 0 unspecified atom stereocenters. The molecule has 5 heteroatoms. The van der Waals surface area contributed by atoms with Gasteiger partial charge in [-0.1, -0.05) is 58.0 Å². The van der Waals surface area contributed by atoms with E-state index in [1.165, 1.54) is 5.56 Å². The van der Waals surface area contributed by atoms with Crippen LogP contribution >= 0.6 is 21.6 Å². The molecule has 0 aliphatic heterocycles. The van der Waals surface area contributed by atoms with Crippen LogP contribution in [-0.4, -0.2) is 24.1 Å². The summed E-state index contributed by atoms with van der Waals surface area (Å²) >= 11 is 0. The van der Waals surface area contributed by atoms with Gasteiger partial charge in [0.2, 0.25) is 0 Å². The topological polar surface area (TPSA) is 32.7 Å². The standard InChI is InChI=1S/C22H23NO2S2/c1-23(2)15-17-9-11-18(12-10-17)16-25-20-6-4-8-22(14-20)27-26-21-7-3-5-19(24)13-21/h3-14,24H,15-16H2,1-2H3. The minimum absolute atomic E-state index is 0.286. The maximum atomic E-state index is 9.55. The van der Waals surface area contributed by atoms with Crippen molar-refractivity contribution in [3.8, 4) is 11.5 Å². The van der Waals surface area contributed by atoms with Crippen LogP contribution < -0.4 is 4.74 Å². The molecule has 0 heterocycles. The molecule has 0 aliphatic carbocycles. The highest BCUT2D eigenvalue weighted by Gasteiger charge is 2.02. The van der Waals surface area contributed by atoms with Gasteiger partial charge in [0.25, 0.3) is 0 Å². The Balaban J connectivity index is 1.54. The molecule has 0 aliphatic rings. The van der Waals surface area contributed by atoms with Gasteiger partial charge in [0.05, 0.1) is 0 Å². The van der Waals surface area contributed by atoms with Crippen LogP contribution in [0.25, 0.3) is 0 Å². The third kappa shape index (κ3) is 6.54. The van der Waals surface area contributed by atoms with Crippen molar-refractivity contribution in [2.24, 2.45) is 0 Å². The number of phenolic OH excluding ortho intramolecular Hbond substituents is 1. The van der Waals surface area contributed by atoms with Crippen LogP contribution in [0.15, 0.2) is 82.6 Å². The van der Waals surface area contributed by atoms with Gasteiger partial charge in [0, 0.05) is 16.3 Å². The number of phenols is 1. The molecule has 3 nitrogen and oxygen atoms in total. The quantitative estimate of drug-likeness (QED) is 0.483. The van der Waals surface area contributed by atoms with E-state index in [4.69, 9.17) is 4.74 Å². The van der Waals surface area contributed by atoms with E-state index in [0.29, 0.717) is 6.61 Å². The Morgan fingerprint density at radius 2 is 1.44 bits per heavy atom. The summed E-state index contributed by atoms with van der Waals surface area (Å²) in [5.74, 6) is 1.14. The first kappa shape index (κ1) is 19.7. The summed E-state index contributed by atoms with van der Waals surface area (Å²) in [5.41, 5.74) is 2.45. The molecule has 0 aromatic heterocycles. The summed E-state index contributed by atoms with van der Waals surface area (Å²) in [6, 6.07) is 23.9. The lowest BCUT2D eigenvalue weighted by atomic mass is 10.1. The van der Waals surface area contributed by atoms with Crippen LogP contribution in [0.1, 0.15) is 11.1 Å². The van der Waals surface area contributed by atoms with Crippen LogP contribution in [-0.2, 0) is 13.2 Å². The van der Waals surface area contributed by atoms with Gasteiger partial charge in [-0.15, -0.1) is 0 Å². The maximum absolute atomic E-state index is 9.55. The second-order valence-electron chi connectivity index (χ2n) is 6.48. The fourth-order valence-corrected chi connectivity index (χ4v) is 4.51. The lowest BCUT2D eigenvalue weighted by molar-refractivity contribution is 0.305. The molecule has 3 rings (SSSR count). The smallest absolute Gasteiger partial charge is 0.120 e. The van der Waals surface area contributed by atoms with Crippen molar-refractivity contribution in [3.63, 3.8) is 0 Å². The Kier molecular flexibility index (Phi) is 7.10. The Hall–Kier alpha value is -2.08. The van der Waals surface area contributed by atoms with Gasteiger partial charge >= 0.3 is 0 Å². The summed E-state index contributed by atoms with van der Waals surface area (Å²) < 4.78 is 5.95. The number of hydrogen-bond donors (Lipinski definition) is 1. The molecule has 0 bridgehead atoms. The zero-order valence-electron chi connectivity index (χ0n) is 15.5. The van der Waals surface area contributed by atoms with E-state index >= 15 is 0 Å². The Labute approximate surface area is 168 Å². The average molecular weight is 398 g/mol. The van der Waals surface area contributed by atoms with Crippen LogP contribution in [0.2, 0.25) is 0 Å². The first-order chi connectivity index (χ1) is 13.1. The Morgan fingerprint density at radius 3 is 2.11 bits per heavy atom. The van der Waals surface area contributed by atoms with Gasteiger partial charge in [-0.3, -0.25) is 0 Å². The normalized spacial score (nSPS) is 10.9. The van der Waals surface area contributed by atoms with Gasteiger partial charge in [-0.2, -0.15) is 0 Å². The summed E-state index contributed by atoms with van der Waals surface area (Å²) in [6.45, 7) is 1.49. The van der Waals surface area contributed by atoms with Gasteiger partial charge in [0.15, 0.2) is 0 Å². The monoisotopic (exact) mass is 397 g/mol. The van der Waals surface area contributed by atoms with Gasteiger partial charge in [-0.05, 0) is 61.6 Å². The highest BCUT2D eigenvalue weighted by atomic mass is 33.1. The molecule has 0 saturated carbocycles. The molecular formula is C22H23NO2S2. The predicted molar refractivity (Wildman–Crippen MR) is 114 cm³/mol. The molecule has 0 saturated heterocycles. The number of aromatic hydroxyl groups is 1. The van der Waals surface area contributed by atoms with Crippen LogP contribution in [0, 0.1) is 0 Å². The molecule has 0 amide bonds. The SMILES string of the molecule is CN(C)Cc1ccc(COc2cccc(SSc3cccc(O)c3)c2)cc1. The number of ether oxygens (including phenoxy) is 1. The fourth-order valence-electron chi connectivity index (χ4n) is 2.52. The van der Waals surface area contributed by atoms with Crippen molar-refractivity contribution >= 4 is 21.6 Å². The Bertz CT molecular complexity index is 866. The number of hydrogen-bond acceptors (Lipinski definition) is 5. The molecular weight excluding hydrogens is 374 g/mol. The largest absolute Gasteiger partial charge is 0.508 e. The lowest BCUT2D eigenvalue weighted by Gasteiger charge is -2.11. The van der Waals surface area contributed by atoms with E-state index in [0.717, 1.165) is 27.6 Å². The van der Waals surface area contributed by atoms with Gasteiger partial charge < -0.3 is 14.7 Å². The minimum atomic E-state index is 0.286. The first-order valence-corrected chi connectivity index (χ1v) is 10.8. The molecule has 0 radical (unpaired) electrons. The zero-order valence-corrected chi connectivity index (χ0v) is 17.1. The van der Waals surface area contributed by atoms with Crippen LogP contribution in [0.5, 0.6) is 11.5 Å². The van der Waals surface area contributed by atoms with Gasteiger partial charge in [-0.25, -0.2) is 0 Å². The van der Waals surface area contributed by atoms with Crippen molar-refractivity contribution < 1.29 is 9.84 Å². The van der Waals surface area contributed by atoms with Crippen molar-refractivity contribution in [2.75, 3.05) is 14.1 Å². The first-order valence-electron chi connectivity index (χ1n) is 8.67. The summed E-state index contributed by atoms with van der Waals surface area (Å²) in [5, 5.41) is 9.55. The second kappa shape index (κ2) is 9.74. The van der Waals surface area contributed by atoms with Crippen LogP contribution in [0.3, 0.4) is 0 Å². The van der Waals surface area contributed by atoms with E-state index in [1.54, 1.807) is 33.7 Å². The van der Waals surface area contributed by atoms with E-state index in [1.807, 2.05) is 30.3 Å². The second-order valence-corrected chi connectivity index (χ2v) is 8.76. The number of rotatable bonds is 8. The summed E-state index contributed by atoms with van der Waals surface area (Å²) in [7, 11) is 7.40. The molecule has 140 valence electrons. The third-order valence-corrected chi connectivity index (χ3v) is 6.17. The summed E-state index contributed by atoms with van der Waals surface area (Å²) in [4.78, 5) is 4.29. The van der Waals surface area contributed by atoms with E-state index < -0.39 is 0 Å². The molecule has 27 heavy (non-hydrogen) atoms. The third-order valence-electron chi connectivity index (χ3n) is 3.78. The molecule has 0 atom stereocenters. The Morgan fingerprint density at radius 1 is 0.815 bits per heavy atom. The number of benzene rings is 3. The lowest BCUT2D eigenvalue weighted by Crippen LogP contribution is -2.10. The van der Waals surface area contributed by atoms with Crippen molar-refractivity contribution in [3.05, 3.63) is 83.9 Å².